The van der Waals surface area contributed by atoms with Crippen molar-refractivity contribution in [1.29, 1.82) is 0 Å². The highest BCUT2D eigenvalue weighted by molar-refractivity contribution is 6.04. The molecule has 1 saturated heterocycles. The zero-order valence-electron chi connectivity index (χ0n) is 21.0. The van der Waals surface area contributed by atoms with Crippen LogP contribution in [0.3, 0.4) is 0 Å². The van der Waals surface area contributed by atoms with Crippen LogP contribution < -0.4 is 5.43 Å². The Kier molecular flexibility index (Phi) is 8.86. The van der Waals surface area contributed by atoms with Crippen molar-refractivity contribution in [3.8, 4) is 11.1 Å². The molecule has 0 radical (unpaired) electrons. The number of rotatable bonds is 9. The van der Waals surface area contributed by atoms with Gasteiger partial charge in [-0.1, -0.05) is 12.2 Å². The van der Waals surface area contributed by atoms with E-state index in [0.29, 0.717) is 68.3 Å². The second-order valence-electron chi connectivity index (χ2n) is 8.53. The third kappa shape index (κ3) is 6.15. The minimum absolute atomic E-state index is 0.184. The van der Waals surface area contributed by atoms with Crippen molar-refractivity contribution in [2.75, 3.05) is 45.9 Å². The molecule has 0 atom stereocenters. The van der Waals surface area contributed by atoms with Gasteiger partial charge in [-0.05, 0) is 48.3 Å². The molecule has 1 aliphatic heterocycles. The van der Waals surface area contributed by atoms with Gasteiger partial charge in [0.15, 0.2) is 0 Å². The first-order valence-corrected chi connectivity index (χ1v) is 12.2. The normalized spacial score (nSPS) is 16.0. The largest absolute Gasteiger partial charge is 0.469 e. The lowest BCUT2D eigenvalue weighted by atomic mass is 9.95. The van der Waals surface area contributed by atoms with E-state index in [1.165, 1.54) is 26.4 Å². The molecule has 0 bridgehead atoms. The van der Waals surface area contributed by atoms with E-state index in [1.54, 1.807) is 18.5 Å². The fourth-order valence-electron chi connectivity index (χ4n) is 4.45. The molecule has 0 saturated carbocycles. The Morgan fingerprint density at radius 2 is 1.84 bits per heavy atom. The second kappa shape index (κ2) is 12.5. The Morgan fingerprint density at radius 1 is 1.08 bits per heavy atom. The number of hydrogen-bond acceptors (Lipinski definition) is 8. The van der Waals surface area contributed by atoms with Crippen LogP contribution >= 0.6 is 0 Å². The fraction of sp³-hybridized carbons (Fsp3) is 0.370. The molecule has 10 heteroatoms. The molecule has 2 aromatic heterocycles. The van der Waals surface area contributed by atoms with Crippen LogP contribution in [-0.2, 0) is 25.5 Å². The summed E-state index contributed by atoms with van der Waals surface area (Å²) in [5.74, 6) is -0.550. The molecular weight excluding hydrogens is 479 g/mol. The number of ether oxygens (including phenoxy) is 3. The van der Waals surface area contributed by atoms with Crippen molar-refractivity contribution in [2.45, 2.75) is 25.8 Å². The summed E-state index contributed by atoms with van der Waals surface area (Å²) < 4.78 is 31.5. The Morgan fingerprint density at radius 3 is 2.54 bits per heavy atom. The molecule has 0 amide bonds. The van der Waals surface area contributed by atoms with Gasteiger partial charge in [0.1, 0.15) is 17.3 Å². The van der Waals surface area contributed by atoms with Crippen molar-refractivity contribution in [2.24, 2.45) is 0 Å². The van der Waals surface area contributed by atoms with E-state index in [-0.39, 0.29) is 18.2 Å². The fourth-order valence-corrected chi connectivity index (χ4v) is 4.45. The number of morpholine rings is 1. The minimum atomic E-state index is -0.537. The molecule has 1 aliphatic carbocycles. The maximum Gasteiger partial charge on any atom is 0.355 e. The zero-order valence-corrected chi connectivity index (χ0v) is 21.0. The lowest BCUT2D eigenvalue weighted by Crippen LogP contribution is -2.41. The predicted octanol–water partition coefficient (Wildman–Crippen LogP) is 4.15. The molecule has 196 valence electrons. The number of aromatic nitrogens is 2. The molecule has 37 heavy (non-hydrogen) atoms. The average Bonchev–Trinajstić information content (AvgIpc) is 3.07. The van der Waals surface area contributed by atoms with Crippen LogP contribution in [-0.4, -0.2) is 67.0 Å². The van der Waals surface area contributed by atoms with Gasteiger partial charge in [0.2, 0.25) is 0 Å². The van der Waals surface area contributed by atoms with E-state index in [0.717, 1.165) is 11.1 Å². The van der Waals surface area contributed by atoms with Gasteiger partial charge in [0, 0.05) is 49.6 Å². The number of pyridine rings is 1. The first-order valence-electron chi connectivity index (χ1n) is 12.2. The summed E-state index contributed by atoms with van der Waals surface area (Å²) in [7, 11) is 2.68. The highest BCUT2D eigenvalue weighted by atomic mass is 19.1. The molecule has 4 rings (SSSR count). The third-order valence-corrected chi connectivity index (χ3v) is 6.24. The average molecular weight is 511 g/mol. The number of nitrogens with zero attached hydrogens (tertiary/aromatic N) is 3. The van der Waals surface area contributed by atoms with Crippen LogP contribution in [0.25, 0.3) is 16.7 Å². The van der Waals surface area contributed by atoms with Gasteiger partial charge < -0.3 is 24.2 Å². The first-order chi connectivity index (χ1) is 18.0. The summed E-state index contributed by atoms with van der Waals surface area (Å²) in [5.41, 5.74) is 6.70. The SMILES string of the molecule is COC(=O)CCCn1c(NN2CCOCC2)c(-c2ccncc2)c(C2=CCC=C(F)C=C2)c1C(=O)OC. The van der Waals surface area contributed by atoms with Crippen LogP contribution in [0.4, 0.5) is 10.2 Å². The molecule has 0 aromatic carbocycles. The van der Waals surface area contributed by atoms with Crippen molar-refractivity contribution >= 4 is 23.3 Å². The van der Waals surface area contributed by atoms with Crippen molar-refractivity contribution in [3.63, 3.8) is 0 Å². The Balaban J connectivity index is 1.95. The van der Waals surface area contributed by atoms with E-state index in [9.17, 15) is 14.0 Å². The third-order valence-electron chi connectivity index (χ3n) is 6.24. The number of methoxy groups -OCH3 is 2. The first kappa shape index (κ1) is 26.3. The number of halogens is 1. The number of carbonyl (C=O) groups excluding carboxylic acids is 2. The maximum atomic E-state index is 14.1. The molecule has 0 unspecified atom stereocenters. The lowest BCUT2D eigenvalue weighted by Gasteiger charge is -2.29. The van der Waals surface area contributed by atoms with E-state index >= 15 is 0 Å². The van der Waals surface area contributed by atoms with E-state index in [2.05, 4.69) is 10.4 Å². The van der Waals surface area contributed by atoms with Crippen molar-refractivity contribution in [3.05, 3.63) is 65.9 Å². The topological polar surface area (TPSA) is 94.9 Å². The maximum absolute atomic E-state index is 14.1. The quantitative estimate of drug-likeness (QED) is 0.503. The van der Waals surface area contributed by atoms with E-state index < -0.39 is 5.97 Å². The van der Waals surface area contributed by atoms with Gasteiger partial charge in [-0.15, -0.1) is 0 Å². The summed E-state index contributed by atoms with van der Waals surface area (Å²) in [6.07, 6.45) is 10.8. The number of esters is 2. The Bertz CT molecular complexity index is 1210. The summed E-state index contributed by atoms with van der Waals surface area (Å²) in [5, 5.41) is 2.03. The van der Waals surface area contributed by atoms with Crippen LogP contribution in [0.2, 0.25) is 0 Å². The standard InChI is InChI=1S/C27H31FN4O5/c1-35-22(33)7-4-14-32-25(27(34)36-2)23(19-5-3-6-21(28)9-8-19)24(20-10-12-29-13-11-20)26(32)30-31-15-17-37-18-16-31/h5-6,8-13,30H,3-4,7,14-18H2,1-2H3. The second-order valence-corrected chi connectivity index (χ2v) is 8.53. The summed E-state index contributed by atoms with van der Waals surface area (Å²) >= 11 is 0. The Hall–Kier alpha value is -3.76. The molecule has 1 fully saturated rings. The van der Waals surface area contributed by atoms with E-state index in [1.807, 2.05) is 27.8 Å². The molecule has 9 nitrogen and oxygen atoms in total. The highest BCUT2D eigenvalue weighted by Crippen LogP contribution is 2.42. The molecule has 0 spiro atoms. The van der Waals surface area contributed by atoms with Crippen LogP contribution in [0.5, 0.6) is 0 Å². The summed E-state index contributed by atoms with van der Waals surface area (Å²) in [6, 6.07) is 3.73. The molecule has 1 N–H and O–H groups in total. The highest BCUT2D eigenvalue weighted by Gasteiger charge is 2.31. The van der Waals surface area contributed by atoms with Gasteiger partial charge in [-0.2, -0.15) is 0 Å². The summed E-state index contributed by atoms with van der Waals surface area (Å²) in [4.78, 5) is 29.4. The van der Waals surface area contributed by atoms with Gasteiger partial charge in [-0.25, -0.2) is 14.2 Å². The smallest absolute Gasteiger partial charge is 0.355 e. The number of hydrazine groups is 1. The van der Waals surface area contributed by atoms with Gasteiger partial charge in [0.25, 0.3) is 0 Å². The van der Waals surface area contributed by atoms with Crippen molar-refractivity contribution < 1.29 is 28.2 Å². The molecule has 3 heterocycles. The van der Waals surface area contributed by atoms with Crippen LogP contribution in [0.15, 0.2) is 54.7 Å². The van der Waals surface area contributed by atoms with E-state index in [4.69, 9.17) is 14.2 Å². The van der Waals surface area contributed by atoms with Gasteiger partial charge in [0.05, 0.1) is 27.4 Å². The molecular formula is C27H31FN4O5. The monoisotopic (exact) mass is 510 g/mol. The van der Waals surface area contributed by atoms with Crippen molar-refractivity contribution in [1.82, 2.24) is 14.6 Å². The zero-order chi connectivity index (χ0) is 26.2. The molecule has 2 aromatic rings. The number of carbonyl (C=O) groups is 2. The number of hydrogen-bond donors (Lipinski definition) is 1. The number of anilines is 1. The minimum Gasteiger partial charge on any atom is -0.469 e. The van der Waals surface area contributed by atoms with Gasteiger partial charge in [-0.3, -0.25) is 9.78 Å². The predicted molar refractivity (Wildman–Crippen MR) is 137 cm³/mol. The lowest BCUT2D eigenvalue weighted by molar-refractivity contribution is -0.140. The van der Waals surface area contributed by atoms with Crippen LogP contribution in [0, 0.1) is 0 Å². The summed E-state index contributed by atoms with van der Waals surface area (Å²) in [6.45, 7) is 2.76. The Labute approximate surface area is 215 Å². The number of allylic oxidation sites excluding steroid dienone is 6. The number of nitrogens with one attached hydrogen (secondary N) is 1. The van der Waals surface area contributed by atoms with Crippen LogP contribution in [0.1, 0.15) is 35.3 Å². The molecule has 2 aliphatic rings. The van der Waals surface area contributed by atoms with Gasteiger partial charge >= 0.3 is 11.9 Å².